The average molecular weight is 340 g/mol. The molecular weight excluding hydrogens is 319 g/mol. The molecule has 3 heterocycles. The summed E-state index contributed by atoms with van der Waals surface area (Å²) in [4.78, 5) is 23.6. The molecule has 4 rings (SSSR count). The van der Waals surface area contributed by atoms with Gasteiger partial charge in [-0.05, 0) is 24.1 Å². The molecule has 0 aliphatic carbocycles. The lowest BCUT2D eigenvalue weighted by Gasteiger charge is -2.19. The Morgan fingerprint density at radius 1 is 1.32 bits per heavy atom. The van der Waals surface area contributed by atoms with Gasteiger partial charge >= 0.3 is 0 Å². The normalized spacial score (nSPS) is 19.7. The van der Waals surface area contributed by atoms with Crippen LogP contribution in [0.2, 0.25) is 0 Å². The molecule has 2 aromatic rings. The van der Waals surface area contributed by atoms with E-state index in [1.54, 1.807) is 12.1 Å². The van der Waals surface area contributed by atoms with Crippen LogP contribution in [0.5, 0.6) is 0 Å². The minimum atomic E-state index is -0.280. The minimum Gasteiger partial charge on any atom is -0.342 e. The number of benzene rings is 1. The largest absolute Gasteiger partial charge is 0.342 e. The highest BCUT2D eigenvalue weighted by Gasteiger charge is 2.29. The zero-order valence-corrected chi connectivity index (χ0v) is 14.0. The predicted molar refractivity (Wildman–Crippen MR) is 91.5 cm³/mol. The summed E-state index contributed by atoms with van der Waals surface area (Å²) in [5, 5.41) is 3.32. The molecule has 1 fully saturated rings. The summed E-state index contributed by atoms with van der Waals surface area (Å²) in [6.07, 6.45) is 4.06. The Labute approximate surface area is 146 Å². The van der Waals surface area contributed by atoms with Crippen LogP contribution < -0.4 is 5.32 Å². The van der Waals surface area contributed by atoms with E-state index in [1.165, 1.54) is 17.7 Å². The average Bonchev–Trinajstić information content (AvgIpc) is 3.13. The second-order valence-corrected chi connectivity index (χ2v) is 6.76. The number of likely N-dealkylation sites (tertiary alicyclic amines) is 1. The van der Waals surface area contributed by atoms with Gasteiger partial charge in [-0.1, -0.05) is 12.1 Å². The number of hydrogen-bond donors (Lipinski definition) is 1. The number of hydrogen-bond acceptors (Lipinski definition) is 4. The van der Waals surface area contributed by atoms with E-state index in [2.05, 4.69) is 10.3 Å². The number of nitrogens with one attached hydrogen (secondary N) is 1. The first-order valence-electron chi connectivity index (χ1n) is 8.76. The first kappa shape index (κ1) is 16.1. The summed E-state index contributed by atoms with van der Waals surface area (Å²) in [6.45, 7) is 3.18. The Balaban J connectivity index is 1.40. The molecule has 0 bridgehead atoms. The van der Waals surface area contributed by atoms with Crippen molar-refractivity contribution < 1.29 is 9.18 Å². The van der Waals surface area contributed by atoms with Crippen molar-refractivity contribution in [1.82, 2.24) is 20.2 Å². The van der Waals surface area contributed by atoms with Crippen LogP contribution in [0.25, 0.3) is 0 Å². The first-order chi connectivity index (χ1) is 12.2. The number of carbonyl (C=O) groups excluding carboxylic acids is 1. The Morgan fingerprint density at radius 2 is 2.16 bits per heavy atom. The summed E-state index contributed by atoms with van der Waals surface area (Å²) in [6, 6.07) is 6.12. The van der Waals surface area contributed by atoms with E-state index in [-0.39, 0.29) is 17.6 Å². The van der Waals surface area contributed by atoms with Crippen molar-refractivity contribution in [2.24, 2.45) is 0 Å². The molecule has 2 aliphatic rings. The van der Waals surface area contributed by atoms with Gasteiger partial charge in [-0.2, -0.15) is 0 Å². The van der Waals surface area contributed by atoms with Crippen LogP contribution in [0.1, 0.15) is 35.0 Å². The lowest BCUT2D eigenvalue weighted by atomic mass is 10.1. The summed E-state index contributed by atoms with van der Waals surface area (Å²) < 4.78 is 13.0. The smallest absolute Gasteiger partial charge is 0.227 e. The fourth-order valence-electron chi connectivity index (χ4n) is 3.53. The molecule has 25 heavy (non-hydrogen) atoms. The van der Waals surface area contributed by atoms with E-state index >= 15 is 0 Å². The van der Waals surface area contributed by atoms with Gasteiger partial charge in [0.1, 0.15) is 11.6 Å². The van der Waals surface area contributed by atoms with Gasteiger partial charge in [0, 0.05) is 56.0 Å². The first-order valence-corrected chi connectivity index (χ1v) is 8.76. The maximum Gasteiger partial charge on any atom is 0.227 e. The Hall–Kier alpha value is -2.34. The molecule has 6 heteroatoms. The van der Waals surface area contributed by atoms with Gasteiger partial charge in [-0.3, -0.25) is 4.79 Å². The number of carbonyl (C=O) groups is 1. The molecule has 1 atom stereocenters. The molecular formula is C19H21FN4O. The van der Waals surface area contributed by atoms with E-state index in [4.69, 9.17) is 4.98 Å². The quantitative estimate of drug-likeness (QED) is 0.926. The molecule has 1 saturated heterocycles. The second kappa shape index (κ2) is 6.88. The zero-order valence-electron chi connectivity index (χ0n) is 14.0. The van der Waals surface area contributed by atoms with Crippen LogP contribution in [-0.4, -0.2) is 40.4 Å². The van der Waals surface area contributed by atoms with Gasteiger partial charge in [0.15, 0.2) is 0 Å². The highest BCUT2D eigenvalue weighted by molar-refractivity contribution is 5.79. The van der Waals surface area contributed by atoms with Gasteiger partial charge in [0.2, 0.25) is 5.91 Å². The van der Waals surface area contributed by atoms with Gasteiger partial charge in [-0.25, -0.2) is 14.4 Å². The molecule has 0 radical (unpaired) electrons. The van der Waals surface area contributed by atoms with E-state index < -0.39 is 0 Å². The topological polar surface area (TPSA) is 58.1 Å². The van der Waals surface area contributed by atoms with Crippen LogP contribution in [0.3, 0.4) is 0 Å². The van der Waals surface area contributed by atoms with Crippen LogP contribution in [0.15, 0.2) is 30.5 Å². The lowest BCUT2D eigenvalue weighted by molar-refractivity contribution is -0.129. The van der Waals surface area contributed by atoms with E-state index in [9.17, 15) is 9.18 Å². The van der Waals surface area contributed by atoms with Gasteiger partial charge in [0.25, 0.3) is 0 Å². The number of amides is 1. The maximum atomic E-state index is 13.0. The Bertz CT molecular complexity index is 777. The Kier molecular flexibility index (Phi) is 4.44. The fourth-order valence-corrected chi connectivity index (χ4v) is 3.53. The van der Waals surface area contributed by atoms with E-state index in [0.29, 0.717) is 13.0 Å². The Morgan fingerprint density at radius 3 is 3.00 bits per heavy atom. The van der Waals surface area contributed by atoms with Gasteiger partial charge in [0.05, 0.1) is 6.42 Å². The molecule has 1 amide bonds. The third kappa shape index (κ3) is 3.54. The number of rotatable bonds is 3. The molecule has 0 saturated carbocycles. The van der Waals surface area contributed by atoms with Crippen molar-refractivity contribution in [3.63, 3.8) is 0 Å². The standard InChI is InChI=1S/C19H21FN4O/c20-16-3-1-13(2-4-16)9-18(25)24-8-6-14(12-24)19-22-11-15-10-21-7-5-17(15)23-19/h1-4,11,14,21H,5-10,12H2/t14-/m1/s1. The molecule has 1 aromatic heterocycles. The predicted octanol–water partition coefficient (Wildman–Crippen LogP) is 1.82. The zero-order chi connectivity index (χ0) is 17.2. The maximum absolute atomic E-state index is 13.0. The van der Waals surface area contributed by atoms with Crippen molar-refractivity contribution in [2.45, 2.75) is 31.7 Å². The molecule has 130 valence electrons. The third-order valence-corrected chi connectivity index (χ3v) is 5.00. The number of fused-ring (bicyclic) bond motifs is 1. The van der Waals surface area contributed by atoms with E-state index in [1.807, 2.05) is 11.1 Å². The molecule has 2 aliphatic heterocycles. The van der Waals surface area contributed by atoms with Crippen LogP contribution >= 0.6 is 0 Å². The lowest BCUT2D eigenvalue weighted by Crippen LogP contribution is -2.30. The molecule has 1 aromatic carbocycles. The summed E-state index contributed by atoms with van der Waals surface area (Å²) in [5.74, 6) is 0.864. The SMILES string of the molecule is O=C(Cc1ccc(F)cc1)N1CC[C@@H](c2ncc3c(n2)CCNC3)C1. The number of halogens is 1. The van der Waals surface area contributed by atoms with E-state index in [0.717, 1.165) is 49.6 Å². The monoisotopic (exact) mass is 340 g/mol. The van der Waals surface area contributed by atoms with Crippen LogP contribution in [-0.2, 0) is 24.2 Å². The highest BCUT2D eigenvalue weighted by Crippen LogP contribution is 2.26. The molecule has 1 N–H and O–H groups in total. The molecule has 0 spiro atoms. The number of nitrogens with zero attached hydrogens (tertiary/aromatic N) is 3. The van der Waals surface area contributed by atoms with Crippen molar-refractivity contribution in [1.29, 1.82) is 0 Å². The fraction of sp³-hybridized carbons (Fsp3) is 0.421. The van der Waals surface area contributed by atoms with Crippen molar-refractivity contribution in [2.75, 3.05) is 19.6 Å². The van der Waals surface area contributed by atoms with Crippen molar-refractivity contribution >= 4 is 5.91 Å². The van der Waals surface area contributed by atoms with Gasteiger partial charge < -0.3 is 10.2 Å². The summed E-state index contributed by atoms with van der Waals surface area (Å²) in [5.41, 5.74) is 3.16. The van der Waals surface area contributed by atoms with Crippen molar-refractivity contribution in [3.8, 4) is 0 Å². The molecule has 5 nitrogen and oxygen atoms in total. The number of aromatic nitrogens is 2. The van der Waals surface area contributed by atoms with Crippen LogP contribution in [0, 0.1) is 5.82 Å². The minimum absolute atomic E-state index is 0.0799. The summed E-state index contributed by atoms with van der Waals surface area (Å²) >= 11 is 0. The van der Waals surface area contributed by atoms with Crippen molar-refractivity contribution in [3.05, 3.63) is 58.9 Å². The van der Waals surface area contributed by atoms with Crippen LogP contribution in [0.4, 0.5) is 4.39 Å². The second-order valence-electron chi connectivity index (χ2n) is 6.76. The summed E-state index contributed by atoms with van der Waals surface area (Å²) in [7, 11) is 0. The van der Waals surface area contributed by atoms with Gasteiger partial charge in [-0.15, -0.1) is 0 Å². The molecule has 0 unspecified atom stereocenters. The third-order valence-electron chi connectivity index (χ3n) is 5.00. The highest BCUT2D eigenvalue weighted by atomic mass is 19.1.